The van der Waals surface area contributed by atoms with Crippen molar-refractivity contribution in [3.05, 3.63) is 89.7 Å². The van der Waals surface area contributed by atoms with E-state index >= 15 is 0 Å². The Kier molecular flexibility index (Phi) is 9.68. The fourth-order valence-electron chi connectivity index (χ4n) is 3.78. The molecule has 0 aliphatic heterocycles. The lowest BCUT2D eigenvalue weighted by molar-refractivity contribution is -0.133. The smallest absolute Gasteiger partial charge is 0.338 e. The fraction of sp³-hybridized carbons (Fsp3) is 0.321. The number of amides is 3. The molecule has 0 spiro atoms. The second-order valence-corrected chi connectivity index (χ2v) is 8.50. The highest BCUT2D eigenvalue weighted by molar-refractivity contribution is 5.94. The van der Waals surface area contributed by atoms with Crippen LogP contribution in [0.3, 0.4) is 0 Å². The molecular weight excluding hydrogens is 456 g/mol. The molecule has 0 fully saturated rings. The molecule has 0 aliphatic rings. The Hall–Kier alpha value is -4.07. The highest BCUT2D eigenvalue weighted by atomic mass is 16.5. The summed E-state index contributed by atoms with van der Waals surface area (Å²) in [6.07, 6.45) is 2.66. The van der Waals surface area contributed by atoms with E-state index in [0.29, 0.717) is 43.9 Å². The Morgan fingerprint density at radius 2 is 1.61 bits per heavy atom. The number of carbonyl (C=O) groups excluding carboxylic acids is 3. The SMILES string of the molecule is CCCN(CC(=O)N(Cc1ccccc1)Cc1cccn1C)C(=O)Nc1ccc(C(=O)OCC)cc1. The molecule has 1 N–H and O–H groups in total. The molecule has 3 aromatic rings. The molecule has 36 heavy (non-hydrogen) atoms. The maximum Gasteiger partial charge on any atom is 0.338 e. The van der Waals surface area contributed by atoms with E-state index in [4.69, 9.17) is 4.74 Å². The number of esters is 1. The molecule has 0 aliphatic carbocycles. The molecule has 1 aromatic heterocycles. The highest BCUT2D eigenvalue weighted by Crippen LogP contribution is 2.14. The molecule has 0 saturated heterocycles. The van der Waals surface area contributed by atoms with E-state index in [9.17, 15) is 14.4 Å². The third kappa shape index (κ3) is 7.46. The third-order valence-electron chi connectivity index (χ3n) is 5.73. The Balaban J connectivity index is 1.71. The molecule has 0 saturated carbocycles. The van der Waals surface area contributed by atoms with Crippen molar-refractivity contribution in [3.63, 3.8) is 0 Å². The monoisotopic (exact) mass is 490 g/mol. The zero-order valence-electron chi connectivity index (χ0n) is 21.1. The van der Waals surface area contributed by atoms with E-state index in [1.807, 2.05) is 67.2 Å². The van der Waals surface area contributed by atoms with Crippen LogP contribution in [0.25, 0.3) is 0 Å². The average molecular weight is 491 g/mol. The lowest BCUT2D eigenvalue weighted by atomic mass is 10.2. The molecule has 0 radical (unpaired) electrons. The van der Waals surface area contributed by atoms with Crippen LogP contribution >= 0.6 is 0 Å². The van der Waals surface area contributed by atoms with Gasteiger partial charge in [-0.3, -0.25) is 4.79 Å². The zero-order chi connectivity index (χ0) is 25.9. The second kappa shape index (κ2) is 13.1. The Labute approximate surface area is 212 Å². The Morgan fingerprint density at radius 3 is 2.22 bits per heavy atom. The van der Waals surface area contributed by atoms with Crippen LogP contribution in [0.1, 0.15) is 41.9 Å². The first-order valence-corrected chi connectivity index (χ1v) is 12.2. The molecule has 0 bridgehead atoms. The van der Waals surface area contributed by atoms with Crippen molar-refractivity contribution >= 4 is 23.6 Å². The first-order chi connectivity index (χ1) is 17.4. The highest BCUT2D eigenvalue weighted by Gasteiger charge is 2.22. The molecular formula is C28H34N4O4. The molecule has 3 amide bonds. The van der Waals surface area contributed by atoms with E-state index in [-0.39, 0.29) is 18.5 Å². The topological polar surface area (TPSA) is 83.9 Å². The van der Waals surface area contributed by atoms with Crippen molar-refractivity contribution in [2.75, 3.05) is 25.0 Å². The minimum absolute atomic E-state index is 0.0438. The van der Waals surface area contributed by atoms with Crippen molar-refractivity contribution in [2.45, 2.75) is 33.4 Å². The minimum atomic E-state index is -0.412. The predicted molar refractivity (Wildman–Crippen MR) is 139 cm³/mol. The van der Waals surface area contributed by atoms with Gasteiger partial charge in [0.15, 0.2) is 0 Å². The summed E-state index contributed by atoms with van der Waals surface area (Å²) in [6, 6.07) is 19.9. The van der Waals surface area contributed by atoms with Crippen LogP contribution in [0.2, 0.25) is 0 Å². The van der Waals surface area contributed by atoms with Crippen molar-refractivity contribution in [2.24, 2.45) is 7.05 Å². The van der Waals surface area contributed by atoms with E-state index in [1.54, 1.807) is 36.1 Å². The number of hydrogen-bond acceptors (Lipinski definition) is 4. The zero-order valence-corrected chi connectivity index (χ0v) is 21.1. The van der Waals surface area contributed by atoms with Crippen LogP contribution in [-0.2, 0) is 29.7 Å². The third-order valence-corrected chi connectivity index (χ3v) is 5.73. The van der Waals surface area contributed by atoms with Crippen LogP contribution < -0.4 is 5.32 Å². The van der Waals surface area contributed by atoms with Gasteiger partial charge in [-0.15, -0.1) is 0 Å². The minimum Gasteiger partial charge on any atom is -0.462 e. The predicted octanol–water partition coefficient (Wildman–Crippen LogP) is 4.67. The number of carbonyl (C=O) groups is 3. The maximum atomic E-state index is 13.5. The van der Waals surface area contributed by atoms with Gasteiger partial charge in [-0.05, 0) is 55.3 Å². The van der Waals surface area contributed by atoms with Gasteiger partial charge >= 0.3 is 12.0 Å². The summed E-state index contributed by atoms with van der Waals surface area (Å²) in [4.78, 5) is 41.7. The van der Waals surface area contributed by atoms with E-state index in [1.165, 1.54) is 4.90 Å². The number of benzene rings is 2. The van der Waals surface area contributed by atoms with Crippen molar-refractivity contribution in [3.8, 4) is 0 Å². The fourth-order valence-corrected chi connectivity index (χ4v) is 3.78. The molecule has 0 atom stereocenters. The van der Waals surface area contributed by atoms with E-state index < -0.39 is 5.97 Å². The van der Waals surface area contributed by atoms with Gasteiger partial charge in [-0.25, -0.2) is 9.59 Å². The largest absolute Gasteiger partial charge is 0.462 e. The van der Waals surface area contributed by atoms with Gasteiger partial charge in [-0.2, -0.15) is 0 Å². The number of nitrogens with one attached hydrogen (secondary N) is 1. The first-order valence-electron chi connectivity index (χ1n) is 12.2. The Bertz CT molecular complexity index is 1140. The summed E-state index contributed by atoms with van der Waals surface area (Å²) in [5, 5.41) is 2.83. The van der Waals surface area contributed by atoms with Gasteiger partial charge in [0, 0.05) is 37.7 Å². The summed E-state index contributed by atoms with van der Waals surface area (Å²) in [5.74, 6) is -0.549. The van der Waals surface area contributed by atoms with Crippen molar-refractivity contribution < 1.29 is 19.1 Å². The number of anilines is 1. The molecule has 3 rings (SSSR count). The lowest BCUT2D eigenvalue weighted by Crippen LogP contribution is -2.44. The Morgan fingerprint density at radius 1 is 0.889 bits per heavy atom. The lowest BCUT2D eigenvalue weighted by Gasteiger charge is -2.28. The molecule has 1 heterocycles. The van der Waals surface area contributed by atoms with Gasteiger partial charge in [0.25, 0.3) is 0 Å². The number of rotatable bonds is 11. The molecule has 190 valence electrons. The molecule has 8 heteroatoms. The van der Waals surface area contributed by atoms with E-state index in [0.717, 1.165) is 11.3 Å². The van der Waals surface area contributed by atoms with Crippen LogP contribution in [-0.4, -0.2) is 52.0 Å². The van der Waals surface area contributed by atoms with Crippen LogP contribution in [0.5, 0.6) is 0 Å². The van der Waals surface area contributed by atoms with Gasteiger partial charge < -0.3 is 24.4 Å². The van der Waals surface area contributed by atoms with Crippen molar-refractivity contribution in [1.82, 2.24) is 14.4 Å². The normalized spacial score (nSPS) is 10.5. The standard InChI is InChI=1S/C28H34N4O4/c1-4-17-31(28(35)29-24-15-13-23(14-16-24)27(34)36-5-2)21-26(33)32(19-22-10-7-6-8-11-22)20-25-12-9-18-30(25)3/h6-16,18H,4-5,17,19-21H2,1-3H3,(H,29,35). The molecule has 2 aromatic carbocycles. The number of hydrogen-bond donors (Lipinski definition) is 1. The maximum absolute atomic E-state index is 13.5. The van der Waals surface area contributed by atoms with Crippen molar-refractivity contribution in [1.29, 1.82) is 0 Å². The van der Waals surface area contributed by atoms with Crippen LogP contribution in [0, 0.1) is 0 Å². The van der Waals surface area contributed by atoms with Gasteiger partial charge in [0.05, 0.1) is 18.7 Å². The number of urea groups is 1. The van der Waals surface area contributed by atoms with Gasteiger partial charge in [-0.1, -0.05) is 37.3 Å². The van der Waals surface area contributed by atoms with Crippen LogP contribution in [0.4, 0.5) is 10.5 Å². The summed E-state index contributed by atoms with van der Waals surface area (Å²) < 4.78 is 6.98. The number of ether oxygens (including phenoxy) is 1. The summed E-state index contributed by atoms with van der Waals surface area (Å²) in [5.41, 5.74) is 2.97. The summed E-state index contributed by atoms with van der Waals surface area (Å²) in [6.45, 7) is 5.28. The molecule has 0 unspecified atom stereocenters. The summed E-state index contributed by atoms with van der Waals surface area (Å²) in [7, 11) is 1.95. The number of nitrogens with zero attached hydrogens (tertiary/aromatic N) is 3. The molecule has 8 nitrogen and oxygen atoms in total. The second-order valence-electron chi connectivity index (χ2n) is 8.50. The number of aryl methyl sites for hydroxylation is 1. The van der Waals surface area contributed by atoms with Crippen LogP contribution in [0.15, 0.2) is 72.9 Å². The number of aromatic nitrogens is 1. The average Bonchev–Trinajstić information content (AvgIpc) is 3.28. The first kappa shape index (κ1) is 26.5. The van der Waals surface area contributed by atoms with E-state index in [2.05, 4.69) is 5.32 Å². The van der Waals surface area contributed by atoms with Gasteiger partial charge in [0.1, 0.15) is 6.54 Å². The summed E-state index contributed by atoms with van der Waals surface area (Å²) >= 11 is 0. The quantitative estimate of drug-likeness (QED) is 0.396. The van der Waals surface area contributed by atoms with Gasteiger partial charge in [0.2, 0.25) is 5.91 Å².